The van der Waals surface area contributed by atoms with E-state index in [0.29, 0.717) is 10.8 Å². The van der Waals surface area contributed by atoms with Gasteiger partial charge in [-0.3, -0.25) is 0 Å². The van der Waals surface area contributed by atoms with E-state index in [9.17, 15) is 8.42 Å². The Labute approximate surface area is 148 Å². The Bertz CT molecular complexity index is 998. The van der Waals surface area contributed by atoms with E-state index in [1.165, 1.54) is 38.4 Å². The van der Waals surface area contributed by atoms with Crippen LogP contribution in [0, 0.1) is 0 Å². The lowest BCUT2D eigenvalue weighted by Crippen LogP contribution is -2.06. The van der Waals surface area contributed by atoms with Crippen molar-refractivity contribution in [2.24, 2.45) is 0 Å². The quantitative estimate of drug-likeness (QED) is 0.698. The largest absolute Gasteiger partial charge is 0.240 e. The summed E-state index contributed by atoms with van der Waals surface area (Å²) >= 11 is 0. The zero-order valence-electron chi connectivity index (χ0n) is 14.4. The second-order valence-electron chi connectivity index (χ2n) is 6.92. The SMILES string of the molecule is CS(=O)(=O)c1ccc(-c2c(C3CCCCC3)nn3ccccc23)cc1. The number of fused-ring (bicyclic) bond motifs is 1. The Balaban J connectivity index is 1.87. The lowest BCUT2D eigenvalue weighted by molar-refractivity contribution is 0.436. The highest BCUT2D eigenvalue weighted by atomic mass is 32.2. The van der Waals surface area contributed by atoms with Crippen molar-refractivity contribution in [2.75, 3.05) is 6.26 Å². The fourth-order valence-electron chi connectivity index (χ4n) is 3.84. The second-order valence-corrected chi connectivity index (χ2v) is 8.94. The average molecular weight is 354 g/mol. The predicted molar refractivity (Wildman–Crippen MR) is 99.6 cm³/mol. The first-order valence-corrected chi connectivity index (χ1v) is 10.7. The maximum atomic E-state index is 11.7. The van der Waals surface area contributed by atoms with Crippen molar-refractivity contribution >= 4 is 15.4 Å². The fourth-order valence-corrected chi connectivity index (χ4v) is 4.47. The summed E-state index contributed by atoms with van der Waals surface area (Å²) in [5.41, 5.74) is 4.41. The van der Waals surface area contributed by atoms with Crippen molar-refractivity contribution in [3.8, 4) is 11.1 Å². The molecule has 1 aliphatic carbocycles. The number of benzene rings is 1. The van der Waals surface area contributed by atoms with Crippen LogP contribution in [0.4, 0.5) is 0 Å². The van der Waals surface area contributed by atoms with Gasteiger partial charge in [0.25, 0.3) is 0 Å². The number of hydrogen-bond acceptors (Lipinski definition) is 3. The van der Waals surface area contributed by atoms with Gasteiger partial charge in [0.2, 0.25) is 0 Å². The highest BCUT2D eigenvalue weighted by molar-refractivity contribution is 7.90. The van der Waals surface area contributed by atoms with Crippen LogP contribution in [0.15, 0.2) is 53.6 Å². The Hall–Kier alpha value is -2.14. The van der Waals surface area contributed by atoms with Gasteiger partial charge in [-0.25, -0.2) is 12.9 Å². The van der Waals surface area contributed by atoms with Crippen molar-refractivity contribution in [3.63, 3.8) is 0 Å². The predicted octanol–water partition coefficient (Wildman–Crippen LogP) is 4.45. The van der Waals surface area contributed by atoms with Crippen LogP contribution in [0.25, 0.3) is 16.6 Å². The van der Waals surface area contributed by atoms with Gasteiger partial charge < -0.3 is 0 Å². The summed E-state index contributed by atoms with van der Waals surface area (Å²) in [5.74, 6) is 0.484. The molecule has 130 valence electrons. The molecule has 4 nitrogen and oxygen atoms in total. The summed E-state index contributed by atoms with van der Waals surface area (Å²) in [7, 11) is -3.18. The molecule has 0 bridgehead atoms. The number of nitrogens with zero attached hydrogens (tertiary/aromatic N) is 2. The molecule has 25 heavy (non-hydrogen) atoms. The van der Waals surface area contributed by atoms with Gasteiger partial charge in [-0.05, 0) is 42.7 Å². The number of rotatable bonds is 3. The van der Waals surface area contributed by atoms with Gasteiger partial charge in [-0.1, -0.05) is 37.5 Å². The van der Waals surface area contributed by atoms with Crippen molar-refractivity contribution in [1.82, 2.24) is 9.61 Å². The molecular formula is C20H22N2O2S. The van der Waals surface area contributed by atoms with Crippen LogP contribution in [-0.4, -0.2) is 24.3 Å². The first kappa shape index (κ1) is 16.3. The molecular weight excluding hydrogens is 332 g/mol. The maximum absolute atomic E-state index is 11.7. The van der Waals surface area contributed by atoms with Gasteiger partial charge >= 0.3 is 0 Å². The summed E-state index contributed by atoms with van der Waals surface area (Å²) in [6, 6.07) is 13.3. The van der Waals surface area contributed by atoms with Gasteiger partial charge in [-0.2, -0.15) is 5.10 Å². The first-order valence-electron chi connectivity index (χ1n) is 8.82. The highest BCUT2D eigenvalue weighted by Gasteiger charge is 2.24. The van der Waals surface area contributed by atoms with Crippen LogP contribution in [-0.2, 0) is 9.84 Å². The van der Waals surface area contributed by atoms with E-state index in [-0.39, 0.29) is 0 Å². The van der Waals surface area contributed by atoms with Gasteiger partial charge in [0, 0.05) is 23.9 Å². The normalized spacial score (nSPS) is 16.4. The van der Waals surface area contributed by atoms with E-state index in [4.69, 9.17) is 5.10 Å². The molecule has 0 unspecified atom stereocenters. The molecule has 0 radical (unpaired) electrons. The molecule has 0 N–H and O–H groups in total. The molecule has 0 aliphatic heterocycles. The molecule has 1 aliphatic rings. The molecule has 3 aromatic rings. The average Bonchev–Trinajstić information content (AvgIpc) is 3.01. The minimum atomic E-state index is -3.18. The molecule has 2 heterocycles. The number of sulfone groups is 1. The lowest BCUT2D eigenvalue weighted by Gasteiger charge is -2.21. The minimum Gasteiger partial charge on any atom is -0.240 e. The number of pyridine rings is 1. The van der Waals surface area contributed by atoms with Crippen LogP contribution >= 0.6 is 0 Å². The first-order chi connectivity index (χ1) is 12.0. The lowest BCUT2D eigenvalue weighted by atomic mass is 9.84. The molecule has 1 saturated carbocycles. The molecule has 0 spiro atoms. The Morgan fingerprint density at radius 3 is 2.40 bits per heavy atom. The highest BCUT2D eigenvalue weighted by Crippen LogP contribution is 2.39. The van der Waals surface area contributed by atoms with E-state index in [2.05, 4.69) is 6.07 Å². The van der Waals surface area contributed by atoms with Gasteiger partial charge in [-0.15, -0.1) is 0 Å². The standard InChI is InChI=1S/C20H22N2O2S/c1-25(23,24)17-12-10-15(11-13-17)19-18-9-5-6-14-22(18)21-20(19)16-7-3-2-4-8-16/h5-6,9-14,16H,2-4,7-8H2,1H3. The molecule has 0 amide bonds. The third-order valence-electron chi connectivity index (χ3n) is 5.13. The van der Waals surface area contributed by atoms with E-state index in [1.54, 1.807) is 12.1 Å². The maximum Gasteiger partial charge on any atom is 0.175 e. The Morgan fingerprint density at radius 2 is 1.72 bits per heavy atom. The Kier molecular flexibility index (Phi) is 4.12. The molecule has 2 aromatic heterocycles. The molecule has 0 saturated heterocycles. The molecule has 4 rings (SSSR count). The monoisotopic (exact) mass is 354 g/mol. The van der Waals surface area contributed by atoms with Crippen LogP contribution in [0.3, 0.4) is 0 Å². The summed E-state index contributed by atoms with van der Waals surface area (Å²) in [4.78, 5) is 0.354. The summed E-state index contributed by atoms with van der Waals surface area (Å²) < 4.78 is 25.4. The smallest absolute Gasteiger partial charge is 0.175 e. The Morgan fingerprint density at radius 1 is 1.00 bits per heavy atom. The van der Waals surface area contributed by atoms with Crippen LogP contribution < -0.4 is 0 Å². The van der Waals surface area contributed by atoms with Crippen molar-refractivity contribution in [1.29, 1.82) is 0 Å². The molecule has 1 aromatic carbocycles. The van der Waals surface area contributed by atoms with Gasteiger partial charge in [0.1, 0.15) is 0 Å². The second kappa shape index (κ2) is 6.30. The van der Waals surface area contributed by atoms with Crippen molar-refractivity contribution < 1.29 is 8.42 Å². The molecule has 0 atom stereocenters. The van der Waals surface area contributed by atoms with Crippen LogP contribution in [0.1, 0.15) is 43.7 Å². The number of aromatic nitrogens is 2. The zero-order valence-corrected chi connectivity index (χ0v) is 15.2. The summed E-state index contributed by atoms with van der Waals surface area (Å²) in [6.45, 7) is 0. The third kappa shape index (κ3) is 3.09. The molecule has 1 fully saturated rings. The van der Waals surface area contributed by atoms with E-state index in [0.717, 1.165) is 22.3 Å². The third-order valence-corrected chi connectivity index (χ3v) is 6.26. The number of hydrogen-bond donors (Lipinski definition) is 0. The molecule has 5 heteroatoms. The topological polar surface area (TPSA) is 51.4 Å². The van der Waals surface area contributed by atoms with E-state index >= 15 is 0 Å². The summed E-state index contributed by atoms with van der Waals surface area (Å²) in [5, 5.41) is 4.88. The van der Waals surface area contributed by atoms with Crippen LogP contribution in [0.5, 0.6) is 0 Å². The van der Waals surface area contributed by atoms with Crippen molar-refractivity contribution in [2.45, 2.75) is 42.9 Å². The van der Waals surface area contributed by atoms with Crippen molar-refractivity contribution in [3.05, 3.63) is 54.4 Å². The van der Waals surface area contributed by atoms with Gasteiger partial charge in [0.15, 0.2) is 9.84 Å². The minimum absolute atomic E-state index is 0.354. The summed E-state index contributed by atoms with van der Waals surface area (Å²) in [6.07, 6.45) is 9.40. The fraction of sp³-hybridized carbons (Fsp3) is 0.350. The van der Waals surface area contributed by atoms with Gasteiger partial charge in [0.05, 0.1) is 16.1 Å². The zero-order chi connectivity index (χ0) is 17.4. The van der Waals surface area contributed by atoms with E-state index in [1.807, 2.05) is 35.0 Å². The van der Waals surface area contributed by atoms with Crippen LogP contribution in [0.2, 0.25) is 0 Å². The van der Waals surface area contributed by atoms with E-state index < -0.39 is 9.84 Å².